The monoisotopic (exact) mass is 190 g/mol. The number of hydrogen-bond donors (Lipinski definition) is 2. The van der Waals surface area contributed by atoms with Crippen molar-refractivity contribution in [1.29, 1.82) is 0 Å². The summed E-state index contributed by atoms with van der Waals surface area (Å²) in [5.41, 5.74) is 2.50. The lowest BCUT2D eigenvalue weighted by molar-refractivity contribution is -0.119. The molecule has 2 rings (SSSR count). The van der Waals surface area contributed by atoms with Gasteiger partial charge in [-0.15, -0.1) is 0 Å². The van der Waals surface area contributed by atoms with Gasteiger partial charge in [0.1, 0.15) is 0 Å². The smallest absolute Gasteiger partial charge is 0.216 e. The summed E-state index contributed by atoms with van der Waals surface area (Å²) >= 11 is 0. The quantitative estimate of drug-likeness (QED) is 0.738. The third-order valence-electron chi connectivity index (χ3n) is 2.54. The predicted molar refractivity (Wildman–Crippen MR) is 56.4 cm³/mol. The summed E-state index contributed by atoms with van der Waals surface area (Å²) in [6, 6.07) is 8.24. The maximum atomic E-state index is 10.8. The number of hydrogen-bond acceptors (Lipinski definition) is 2. The van der Waals surface area contributed by atoms with Crippen molar-refractivity contribution in [3.8, 4) is 0 Å². The number of amides is 1. The summed E-state index contributed by atoms with van der Waals surface area (Å²) in [4.78, 5) is 10.8. The summed E-state index contributed by atoms with van der Waals surface area (Å²) in [5, 5.41) is 6.17. The molecule has 2 N–H and O–H groups in total. The van der Waals surface area contributed by atoms with Gasteiger partial charge in [0, 0.05) is 31.6 Å². The summed E-state index contributed by atoms with van der Waals surface area (Å²) in [6.07, 6.45) is 0. The molecule has 0 aliphatic carbocycles. The molecule has 3 heteroatoms. The van der Waals surface area contributed by atoms with E-state index >= 15 is 0 Å². The number of fused-ring (bicyclic) bond motifs is 1. The molecule has 1 aliphatic rings. The van der Waals surface area contributed by atoms with Gasteiger partial charge in [-0.2, -0.15) is 0 Å². The zero-order valence-electron chi connectivity index (χ0n) is 8.21. The molecule has 0 saturated heterocycles. The number of carbonyl (C=O) groups excluding carboxylic acids is 1. The van der Waals surface area contributed by atoms with Gasteiger partial charge < -0.3 is 10.6 Å². The van der Waals surface area contributed by atoms with E-state index in [1.54, 1.807) is 6.92 Å². The van der Waals surface area contributed by atoms with Crippen molar-refractivity contribution in [2.45, 2.75) is 12.8 Å². The minimum Gasteiger partial charge on any atom is -0.384 e. The second-order valence-electron chi connectivity index (χ2n) is 3.60. The largest absolute Gasteiger partial charge is 0.384 e. The maximum absolute atomic E-state index is 10.8. The molecular weight excluding hydrogens is 176 g/mol. The van der Waals surface area contributed by atoms with Gasteiger partial charge in [0.2, 0.25) is 5.91 Å². The van der Waals surface area contributed by atoms with Crippen LogP contribution in [0.4, 0.5) is 5.69 Å². The Balaban J connectivity index is 2.07. The van der Waals surface area contributed by atoms with Crippen LogP contribution in [0.15, 0.2) is 24.3 Å². The zero-order chi connectivity index (χ0) is 9.97. The minimum atomic E-state index is 0.0365. The van der Waals surface area contributed by atoms with E-state index in [0.29, 0.717) is 5.92 Å². The van der Waals surface area contributed by atoms with Crippen molar-refractivity contribution in [1.82, 2.24) is 5.32 Å². The summed E-state index contributed by atoms with van der Waals surface area (Å²) < 4.78 is 0. The molecule has 1 amide bonds. The van der Waals surface area contributed by atoms with Crippen LogP contribution < -0.4 is 10.6 Å². The summed E-state index contributed by atoms with van der Waals surface area (Å²) in [6.45, 7) is 3.19. The van der Waals surface area contributed by atoms with Crippen LogP contribution in [0.2, 0.25) is 0 Å². The Bertz CT molecular complexity index is 349. The molecule has 3 nitrogen and oxygen atoms in total. The van der Waals surface area contributed by atoms with E-state index in [2.05, 4.69) is 22.8 Å². The van der Waals surface area contributed by atoms with E-state index < -0.39 is 0 Å². The highest BCUT2D eigenvalue weighted by Gasteiger charge is 2.20. The van der Waals surface area contributed by atoms with E-state index in [0.717, 1.165) is 13.1 Å². The molecule has 1 aromatic rings. The zero-order valence-corrected chi connectivity index (χ0v) is 8.21. The number of nitrogens with one attached hydrogen (secondary N) is 2. The first-order chi connectivity index (χ1) is 6.77. The molecule has 1 aromatic carbocycles. The van der Waals surface area contributed by atoms with Crippen molar-refractivity contribution in [3.05, 3.63) is 29.8 Å². The van der Waals surface area contributed by atoms with Crippen molar-refractivity contribution in [2.24, 2.45) is 0 Å². The Hall–Kier alpha value is -1.51. The van der Waals surface area contributed by atoms with Crippen LogP contribution in [-0.4, -0.2) is 19.0 Å². The van der Waals surface area contributed by atoms with E-state index in [4.69, 9.17) is 0 Å². The van der Waals surface area contributed by atoms with Crippen LogP contribution in [0, 0.1) is 0 Å². The standard InChI is InChI=1S/C11H14N2O/c1-8(14)12-6-9-7-13-11-5-3-2-4-10(9)11/h2-5,9,13H,6-7H2,1H3,(H,12,14). The lowest BCUT2D eigenvalue weighted by Gasteiger charge is -2.09. The normalized spacial score (nSPS) is 18.5. The summed E-state index contributed by atoms with van der Waals surface area (Å²) in [7, 11) is 0. The third-order valence-corrected chi connectivity index (χ3v) is 2.54. The van der Waals surface area contributed by atoms with Crippen LogP contribution in [0.5, 0.6) is 0 Å². The SMILES string of the molecule is CC(=O)NCC1CNc2ccccc21. The molecule has 1 heterocycles. The van der Waals surface area contributed by atoms with Crippen molar-refractivity contribution >= 4 is 11.6 Å². The summed E-state index contributed by atoms with van der Waals surface area (Å²) in [5.74, 6) is 0.449. The highest BCUT2D eigenvalue weighted by atomic mass is 16.1. The molecule has 1 atom stereocenters. The van der Waals surface area contributed by atoms with E-state index in [1.807, 2.05) is 12.1 Å². The molecule has 0 spiro atoms. The van der Waals surface area contributed by atoms with Gasteiger partial charge in [-0.1, -0.05) is 18.2 Å². The molecule has 14 heavy (non-hydrogen) atoms. The Morgan fingerprint density at radius 2 is 2.36 bits per heavy atom. The van der Waals surface area contributed by atoms with Crippen molar-refractivity contribution < 1.29 is 4.79 Å². The first-order valence-electron chi connectivity index (χ1n) is 4.84. The number of benzene rings is 1. The second kappa shape index (κ2) is 3.70. The maximum Gasteiger partial charge on any atom is 0.216 e. The molecule has 0 aromatic heterocycles. The Morgan fingerprint density at radius 1 is 1.57 bits per heavy atom. The van der Waals surface area contributed by atoms with Gasteiger partial charge in [0.05, 0.1) is 0 Å². The van der Waals surface area contributed by atoms with Gasteiger partial charge in [-0.05, 0) is 11.6 Å². The van der Waals surface area contributed by atoms with Gasteiger partial charge >= 0.3 is 0 Å². The lowest BCUT2D eigenvalue weighted by atomic mass is 10.0. The minimum absolute atomic E-state index is 0.0365. The van der Waals surface area contributed by atoms with E-state index in [-0.39, 0.29) is 5.91 Å². The molecule has 0 bridgehead atoms. The Labute approximate surface area is 83.5 Å². The van der Waals surface area contributed by atoms with Gasteiger partial charge in [0.15, 0.2) is 0 Å². The number of rotatable bonds is 2. The Morgan fingerprint density at radius 3 is 3.14 bits per heavy atom. The van der Waals surface area contributed by atoms with Crippen LogP contribution in [0.3, 0.4) is 0 Å². The molecule has 0 radical (unpaired) electrons. The molecule has 74 valence electrons. The van der Waals surface area contributed by atoms with Gasteiger partial charge in [-0.3, -0.25) is 4.79 Å². The topological polar surface area (TPSA) is 41.1 Å². The third kappa shape index (κ3) is 1.71. The Kier molecular flexibility index (Phi) is 2.39. The molecule has 0 saturated carbocycles. The van der Waals surface area contributed by atoms with Gasteiger partial charge in [0.25, 0.3) is 0 Å². The number of anilines is 1. The number of para-hydroxylation sites is 1. The van der Waals surface area contributed by atoms with Crippen LogP contribution in [-0.2, 0) is 4.79 Å². The van der Waals surface area contributed by atoms with Crippen LogP contribution >= 0.6 is 0 Å². The van der Waals surface area contributed by atoms with E-state index in [1.165, 1.54) is 11.3 Å². The predicted octanol–water partition coefficient (Wildman–Crippen LogP) is 1.33. The van der Waals surface area contributed by atoms with Crippen LogP contribution in [0.25, 0.3) is 0 Å². The molecule has 1 unspecified atom stereocenters. The second-order valence-corrected chi connectivity index (χ2v) is 3.60. The average Bonchev–Trinajstić information content (AvgIpc) is 2.58. The first kappa shape index (κ1) is 9.06. The molecule has 0 fully saturated rings. The fraction of sp³-hybridized carbons (Fsp3) is 0.364. The van der Waals surface area contributed by atoms with Crippen molar-refractivity contribution in [2.75, 3.05) is 18.4 Å². The van der Waals surface area contributed by atoms with E-state index in [9.17, 15) is 4.79 Å². The highest BCUT2D eigenvalue weighted by Crippen LogP contribution is 2.30. The molecule has 1 aliphatic heterocycles. The fourth-order valence-electron chi connectivity index (χ4n) is 1.81. The average molecular weight is 190 g/mol. The first-order valence-corrected chi connectivity index (χ1v) is 4.84. The van der Waals surface area contributed by atoms with Gasteiger partial charge in [-0.25, -0.2) is 0 Å². The van der Waals surface area contributed by atoms with Crippen molar-refractivity contribution in [3.63, 3.8) is 0 Å². The van der Waals surface area contributed by atoms with Crippen LogP contribution in [0.1, 0.15) is 18.4 Å². The highest BCUT2D eigenvalue weighted by molar-refractivity contribution is 5.73. The number of carbonyl (C=O) groups is 1. The fourth-order valence-corrected chi connectivity index (χ4v) is 1.81. The molecular formula is C11H14N2O. The lowest BCUT2D eigenvalue weighted by Crippen LogP contribution is -2.26.